The molecule has 1 aromatic carbocycles. The topological polar surface area (TPSA) is 12.0 Å². The number of halogens is 1. The van der Waals surface area contributed by atoms with Gasteiger partial charge in [0.2, 0.25) is 0 Å². The predicted octanol–water partition coefficient (Wildman–Crippen LogP) is 4.74. The largest absolute Gasteiger partial charge is 0.316 e. The van der Waals surface area contributed by atoms with Crippen LogP contribution in [-0.4, -0.2) is 13.1 Å². The van der Waals surface area contributed by atoms with Crippen LogP contribution in [0.1, 0.15) is 57.9 Å². The van der Waals surface area contributed by atoms with Crippen LogP contribution in [0.2, 0.25) is 0 Å². The van der Waals surface area contributed by atoms with Gasteiger partial charge in [0.15, 0.2) is 0 Å². The van der Waals surface area contributed by atoms with Crippen molar-refractivity contribution in [2.75, 3.05) is 13.1 Å². The minimum Gasteiger partial charge on any atom is -0.316 e. The molecular formula is C17H28FN. The molecule has 0 amide bonds. The first kappa shape index (κ1) is 16.2. The maximum atomic E-state index is 13.9. The fraction of sp³-hybridized carbons (Fsp3) is 0.647. The monoisotopic (exact) mass is 265 g/mol. The quantitative estimate of drug-likeness (QED) is 0.636. The Morgan fingerprint density at radius 3 is 2.47 bits per heavy atom. The van der Waals surface area contributed by atoms with Crippen LogP contribution in [0.15, 0.2) is 24.3 Å². The SMILES string of the molecule is CCCCCC(CNCC(C)C)c1ccccc1F. The lowest BCUT2D eigenvalue weighted by Gasteiger charge is -2.19. The highest BCUT2D eigenvalue weighted by Gasteiger charge is 2.14. The number of unbranched alkanes of at least 4 members (excludes halogenated alkanes) is 2. The molecule has 0 heterocycles. The van der Waals surface area contributed by atoms with Crippen molar-refractivity contribution in [2.24, 2.45) is 5.92 Å². The Hall–Kier alpha value is -0.890. The molecule has 0 aliphatic heterocycles. The lowest BCUT2D eigenvalue weighted by molar-refractivity contribution is 0.471. The van der Waals surface area contributed by atoms with E-state index in [0.717, 1.165) is 25.1 Å². The van der Waals surface area contributed by atoms with E-state index in [1.165, 1.54) is 19.3 Å². The van der Waals surface area contributed by atoms with Gasteiger partial charge in [0.25, 0.3) is 0 Å². The van der Waals surface area contributed by atoms with Crippen LogP contribution < -0.4 is 5.32 Å². The fourth-order valence-corrected chi connectivity index (χ4v) is 2.36. The number of benzene rings is 1. The van der Waals surface area contributed by atoms with Crippen LogP contribution in [0.3, 0.4) is 0 Å². The van der Waals surface area contributed by atoms with Gasteiger partial charge < -0.3 is 5.32 Å². The van der Waals surface area contributed by atoms with Gasteiger partial charge >= 0.3 is 0 Å². The van der Waals surface area contributed by atoms with Crippen molar-refractivity contribution >= 4 is 0 Å². The van der Waals surface area contributed by atoms with Crippen LogP contribution in [-0.2, 0) is 0 Å². The second-order valence-electron chi connectivity index (χ2n) is 5.77. The number of rotatable bonds is 9. The van der Waals surface area contributed by atoms with Crippen molar-refractivity contribution in [3.05, 3.63) is 35.6 Å². The van der Waals surface area contributed by atoms with Gasteiger partial charge in [-0.25, -0.2) is 4.39 Å². The summed E-state index contributed by atoms with van der Waals surface area (Å²) < 4.78 is 13.9. The van der Waals surface area contributed by atoms with Gasteiger partial charge in [-0.05, 0) is 36.4 Å². The van der Waals surface area contributed by atoms with E-state index < -0.39 is 0 Å². The molecule has 2 heteroatoms. The third-order valence-corrected chi connectivity index (χ3v) is 3.44. The Bertz CT molecular complexity index is 349. The molecule has 0 saturated carbocycles. The predicted molar refractivity (Wildman–Crippen MR) is 81.0 cm³/mol. The number of hydrogen-bond acceptors (Lipinski definition) is 1. The van der Waals surface area contributed by atoms with Crippen molar-refractivity contribution < 1.29 is 4.39 Å². The molecule has 1 unspecified atom stereocenters. The minimum absolute atomic E-state index is 0.0599. The second-order valence-corrected chi connectivity index (χ2v) is 5.77. The molecule has 1 nitrogen and oxygen atoms in total. The number of nitrogens with one attached hydrogen (secondary N) is 1. The summed E-state index contributed by atoms with van der Waals surface area (Å²) in [6, 6.07) is 7.21. The van der Waals surface area contributed by atoms with Crippen LogP contribution in [0.25, 0.3) is 0 Å². The molecule has 1 N–H and O–H groups in total. The highest BCUT2D eigenvalue weighted by atomic mass is 19.1. The second kappa shape index (κ2) is 9.08. The van der Waals surface area contributed by atoms with Gasteiger partial charge in [0, 0.05) is 6.54 Å². The summed E-state index contributed by atoms with van der Waals surface area (Å²) in [6.45, 7) is 8.47. The van der Waals surface area contributed by atoms with Gasteiger partial charge in [0.05, 0.1) is 0 Å². The van der Waals surface area contributed by atoms with Gasteiger partial charge in [-0.1, -0.05) is 58.2 Å². The van der Waals surface area contributed by atoms with E-state index in [9.17, 15) is 4.39 Å². The average molecular weight is 265 g/mol. The smallest absolute Gasteiger partial charge is 0.126 e. The fourth-order valence-electron chi connectivity index (χ4n) is 2.36. The summed E-state index contributed by atoms with van der Waals surface area (Å²) in [7, 11) is 0. The van der Waals surface area contributed by atoms with Crippen molar-refractivity contribution in [2.45, 2.75) is 52.4 Å². The zero-order valence-corrected chi connectivity index (χ0v) is 12.6. The first-order valence-corrected chi connectivity index (χ1v) is 7.60. The van der Waals surface area contributed by atoms with Gasteiger partial charge in [-0.15, -0.1) is 0 Å². The van der Waals surface area contributed by atoms with Crippen molar-refractivity contribution in [3.8, 4) is 0 Å². The van der Waals surface area contributed by atoms with Crippen LogP contribution in [0.5, 0.6) is 0 Å². The van der Waals surface area contributed by atoms with E-state index >= 15 is 0 Å². The zero-order chi connectivity index (χ0) is 14.1. The van der Waals surface area contributed by atoms with Crippen molar-refractivity contribution in [1.82, 2.24) is 5.32 Å². The molecule has 108 valence electrons. The third kappa shape index (κ3) is 6.20. The summed E-state index contributed by atoms with van der Waals surface area (Å²) in [5, 5.41) is 3.47. The normalized spacial score (nSPS) is 12.9. The highest BCUT2D eigenvalue weighted by Crippen LogP contribution is 2.24. The van der Waals surface area contributed by atoms with E-state index in [1.807, 2.05) is 12.1 Å². The average Bonchev–Trinajstić information content (AvgIpc) is 2.37. The molecule has 0 aliphatic carbocycles. The Morgan fingerprint density at radius 1 is 1.11 bits per heavy atom. The standard InChI is InChI=1S/C17H28FN/c1-4-5-6-9-15(13-19-12-14(2)3)16-10-7-8-11-17(16)18/h7-8,10-11,14-15,19H,4-6,9,12-13H2,1-3H3. The summed E-state index contributed by atoms with van der Waals surface area (Å²) in [5.74, 6) is 0.874. The first-order valence-electron chi connectivity index (χ1n) is 7.60. The van der Waals surface area contributed by atoms with Crippen molar-refractivity contribution in [3.63, 3.8) is 0 Å². The molecule has 0 aromatic heterocycles. The third-order valence-electron chi connectivity index (χ3n) is 3.44. The van der Waals surface area contributed by atoms with Gasteiger partial charge in [-0.2, -0.15) is 0 Å². The molecule has 0 fully saturated rings. The summed E-state index contributed by atoms with van der Waals surface area (Å²) in [6.07, 6.45) is 4.69. The summed E-state index contributed by atoms with van der Waals surface area (Å²) in [4.78, 5) is 0. The summed E-state index contributed by atoms with van der Waals surface area (Å²) in [5.41, 5.74) is 0.870. The van der Waals surface area contributed by atoms with Gasteiger partial charge in [-0.3, -0.25) is 0 Å². The summed E-state index contributed by atoms with van der Waals surface area (Å²) >= 11 is 0. The first-order chi connectivity index (χ1) is 9.15. The zero-order valence-electron chi connectivity index (χ0n) is 12.6. The lowest BCUT2D eigenvalue weighted by atomic mass is 9.92. The molecule has 0 aliphatic rings. The molecule has 1 atom stereocenters. The Balaban J connectivity index is 2.60. The van der Waals surface area contributed by atoms with E-state index in [4.69, 9.17) is 0 Å². The highest BCUT2D eigenvalue weighted by molar-refractivity contribution is 5.22. The lowest BCUT2D eigenvalue weighted by Crippen LogP contribution is -2.26. The molecule has 1 aromatic rings. The van der Waals surface area contributed by atoms with Crippen LogP contribution in [0.4, 0.5) is 4.39 Å². The van der Waals surface area contributed by atoms with Gasteiger partial charge in [0.1, 0.15) is 5.82 Å². The molecule has 0 spiro atoms. The van der Waals surface area contributed by atoms with E-state index in [0.29, 0.717) is 11.8 Å². The minimum atomic E-state index is -0.0599. The van der Waals surface area contributed by atoms with E-state index in [-0.39, 0.29) is 5.82 Å². The molecule has 0 saturated heterocycles. The van der Waals surface area contributed by atoms with E-state index in [2.05, 4.69) is 26.1 Å². The number of hydrogen-bond donors (Lipinski definition) is 1. The molecule has 0 bridgehead atoms. The Kier molecular flexibility index (Phi) is 7.73. The molecule has 1 rings (SSSR count). The maximum absolute atomic E-state index is 13.9. The molecule has 0 radical (unpaired) electrons. The van der Waals surface area contributed by atoms with Crippen molar-refractivity contribution in [1.29, 1.82) is 0 Å². The molecular weight excluding hydrogens is 237 g/mol. The van der Waals surface area contributed by atoms with E-state index in [1.54, 1.807) is 12.1 Å². The maximum Gasteiger partial charge on any atom is 0.126 e. The van der Waals surface area contributed by atoms with Crippen LogP contribution >= 0.6 is 0 Å². The Labute approximate surface area is 117 Å². The van der Waals surface area contributed by atoms with Crippen LogP contribution in [0, 0.1) is 11.7 Å². The Morgan fingerprint density at radius 2 is 1.84 bits per heavy atom. The molecule has 19 heavy (non-hydrogen) atoms.